The van der Waals surface area contributed by atoms with Crippen molar-refractivity contribution in [3.8, 4) is 5.75 Å². The minimum atomic E-state index is -1.29. The minimum absolute atomic E-state index is 0.177. The first-order valence-electron chi connectivity index (χ1n) is 10.3. The molecular formula is C22H27FN6O4. The van der Waals surface area contributed by atoms with Gasteiger partial charge in [0.25, 0.3) is 0 Å². The molecule has 0 amide bonds. The molecule has 33 heavy (non-hydrogen) atoms. The molecule has 1 aliphatic rings. The highest BCUT2D eigenvalue weighted by Crippen LogP contribution is 2.47. The monoisotopic (exact) mass is 458 g/mol. The second kappa shape index (κ2) is 8.93. The quantitative estimate of drug-likeness (QED) is 0.403. The summed E-state index contributed by atoms with van der Waals surface area (Å²) in [5.41, 5.74) is 6.60. The van der Waals surface area contributed by atoms with E-state index in [-0.39, 0.29) is 12.4 Å². The molecule has 0 aliphatic carbocycles. The molecule has 11 heteroatoms. The molecule has 10 nitrogen and oxygen atoms in total. The Bertz CT molecular complexity index is 1110. The zero-order valence-corrected chi connectivity index (χ0v) is 18.8. The Morgan fingerprint density at radius 2 is 1.94 bits per heavy atom. The van der Waals surface area contributed by atoms with E-state index in [2.05, 4.69) is 15.4 Å². The van der Waals surface area contributed by atoms with Crippen LogP contribution in [0, 0.1) is 5.82 Å². The number of methoxy groups -OCH3 is 2. The number of halogens is 1. The number of fused-ring (bicyclic) bond motifs is 1. The van der Waals surface area contributed by atoms with Crippen molar-refractivity contribution in [3.05, 3.63) is 59.7 Å². The van der Waals surface area contributed by atoms with Crippen molar-refractivity contribution in [2.75, 3.05) is 24.9 Å². The van der Waals surface area contributed by atoms with Crippen molar-refractivity contribution >= 4 is 11.4 Å². The maximum atomic E-state index is 13.7. The third-order valence-electron chi connectivity index (χ3n) is 5.82. The first-order valence-corrected chi connectivity index (χ1v) is 10.3. The molecule has 0 spiro atoms. The normalized spacial score (nSPS) is 22.2. The second-order valence-corrected chi connectivity index (χ2v) is 8.08. The van der Waals surface area contributed by atoms with E-state index in [1.54, 1.807) is 44.3 Å². The molecule has 1 aromatic heterocycles. The number of tetrazole rings is 1. The Morgan fingerprint density at radius 1 is 1.24 bits per heavy atom. The van der Waals surface area contributed by atoms with Crippen LogP contribution in [0.2, 0.25) is 0 Å². The predicted octanol–water partition coefficient (Wildman–Crippen LogP) is 1.81. The van der Waals surface area contributed by atoms with Gasteiger partial charge in [0.15, 0.2) is 17.7 Å². The fourth-order valence-corrected chi connectivity index (χ4v) is 4.28. The molecule has 0 unspecified atom stereocenters. The van der Waals surface area contributed by atoms with Crippen molar-refractivity contribution in [3.63, 3.8) is 0 Å². The zero-order chi connectivity index (χ0) is 23.8. The maximum absolute atomic E-state index is 13.7. The lowest BCUT2D eigenvalue weighted by Crippen LogP contribution is -2.62. The Hall–Kier alpha value is -3.28. The summed E-state index contributed by atoms with van der Waals surface area (Å²) in [4.78, 5) is 3.21. The molecule has 176 valence electrons. The van der Waals surface area contributed by atoms with E-state index in [4.69, 9.17) is 19.9 Å². The summed E-state index contributed by atoms with van der Waals surface area (Å²) in [5.74, 6) is 0.556. The van der Waals surface area contributed by atoms with Gasteiger partial charge in [-0.3, -0.25) is 0 Å². The van der Waals surface area contributed by atoms with E-state index in [0.29, 0.717) is 28.5 Å². The number of aryl methyl sites for hydroxylation is 1. The summed E-state index contributed by atoms with van der Waals surface area (Å²) in [5, 5.41) is 24.0. The molecule has 0 radical (unpaired) electrons. The van der Waals surface area contributed by atoms with Gasteiger partial charge in [0.2, 0.25) is 0 Å². The van der Waals surface area contributed by atoms with Crippen LogP contribution >= 0.6 is 0 Å². The smallest absolute Gasteiger partial charge is 0.199 e. The number of hydrogen-bond acceptors (Lipinski definition) is 9. The molecule has 0 fully saturated rings. The van der Waals surface area contributed by atoms with Crippen LogP contribution in [0.25, 0.3) is 0 Å². The van der Waals surface area contributed by atoms with E-state index in [1.807, 2.05) is 4.90 Å². The van der Waals surface area contributed by atoms with Gasteiger partial charge in [0, 0.05) is 31.2 Å². The van der Waals surface area contributed by atoms with Gasteiger partial charge in [0.1, 0.15) is 17.7 Å². The van der Waals surface area contributed by atoms with Gasteiger partial charge in [-0.2, -0.15) is 4.80 Å². The molecular weight excluding hydrogens is 431 g/mol. The van der Waals surface area contributed by atoms with E-state index >= 15 is 0 Å². The lowest BCUT2D eigenvalue weighted by atomic mass is 9.83. The molecule has 3 atom stereocenters. The predicted molar refractivity (Wildman–Crippen MR) is 118 cm³/mol. The number of aromatic nitrogens is 4. The third-order valence-corrected chi connectivity index (χ3v) is 5.82. The number of anilines is 2. The Kier molecular flexibility index (Phi) is 6.19. The van der Waals surface area contributed by atoms with Crippen LogP contribution in [0.5, 0.6) is 5.75 Å². The number of hydrogen-bond donors (Lipinski definition) is 2. The largest absolute Gasteiger partial charge is 0.479 e. The fourth-order valence-electron chi connectivity index (χ4n) is 4.28. The molecule has 3 aromatic rings. The molecule has 1 aliphatic heterocycles. The molecule has 2 heterocycles. The van der Waals surface area contributed by atoms with Crippen LogP contribution in [0.3, 0.4) is 0 Å². The van der Waals surface area contributed by atoms with Crippen LogP contribution in [0.4, 0.5) is 15.8 Å². The van der Waals surface area contributed by atoms with Crippen LogP contribution in [-0.2, 0) is 23.1 Å². The summed E-state index contributed by atoms with van der Waals surface area (Å²) >= 11 is 0. The fraction of sp³-hybridized carbons (Fsp3) is 0.409. The van der Waals surface area contributed by atoms with Gasteiger partial charge in [-0.05, 0) is 54.6 Å². The van der Waals surface area contributed by atoms with Gasteiger partial charge in [-0.15, -0.1) is 10.2 Å². The molecule has 0 bridgehead atoms. The average Bonchev–Trinajstić information content (AvgIpc) is 3.20. The summed E-state index contributed by atoms with van der Waals surface area (Å²) in [6, 6.07) is 10.5. The van der Waals surface area contributed by atoms with Crippen molar-refractivity contribution in [2.24, 2.45) is 7.05 Å². The van der Waals surface area contributed by atoms with Crippen molar-refractivity contribution < 1.29 is 23.7 Å². The molecule has 4 rings (SSSR count). The van der Waals surface area contributed by atoms with Crippen LogP contribution < -0.4 is 15.4 Å². The number of rotatable bonds is 7. The van der Waals surface area contributed by atoms with Crippen LogP contribution in [0.1, 0.15) is 24.4 Å². The average molecular weight is 458 g/mol. The molecule has 2 aromatic carbocycles. The van der Waals surface area contributed by atoms with Crippen LogP contribution in [-0.4, -0.2) is 57.5 Å². The van der Waals surface area contributed by atoms with Gasteiger partial charge in [-0.1, -0.05) is 0 Å². The van der Waals surface area contributed by atoms with Gasteiger partial charge >= 0.3 is 0 Å². The number of nitrogen functional groups attached to an aromatic ring is 1. The number of nitrogens with two attached hydrogens (primary N) is 1. The summed E-state index contributed by atoms with van der Waals surface area (Å²) in [6.07, 6.45) is -2.04. The summed E-state index contributed by atoms with van der Waals surface area (Å²) in [7, 11) is 4.62. The first kappa shape index (κ1) is 22.9. The van der Waals surface area contributed by atoms with Crippen molar-refractivity contribution in [1.29, 1.82) is 0 Å². The number of ether oxygens (including phenoxy) is 3. The lowest BCUT2D eigenvalue weighted by molar-refractivity contribution is -0.237. The topological polar surface area (TPSA) is 121 Å². The van der Waals surface area contributed by atoms with E-state index in [9.17, 15) is 9.50 Å². The maximum Gasteiger partial charge on any atom is 0.199 e. The van der Waals surface area contributed by atoms with Crippen molar-refractivity contribution in [2.45, 2.75) is 37.5 Å². The standard InChI is InChI=1S/C22H27FN6O4/c1-22(21(31-3)32-4)20(30)19(16-11-14(24)7-10-17(16)33-22)29(12-18-25-27-28(2)26-18)15-8-5-13(23)6-9-15/h5-11,19-21,30H,12,24H2,1-4H3/t19-,20+,22-/m0/s1. The molecule has 3 N–H and O–H groups in total. The number of aliphatic hydroxyl groups excluding tert-OH is 1. The minimum Gasteiger partial charge on any atom is -0.479 e. The molecule has 0 saturated heterocycles. The highest BCUT2D eigenvalue weighted by atomic mass is 19.1. The van der Waals surface area contributed by atoms with E-state index in [1.165, 1.54) is 31.1 Å². The highest BCUT2D eigenvalue weighted by molar-refractivity contribution is 5.57. The first-order chi connectivity index (χ1) is 15.8. The van der Waals surface area contributed by atoms with Gasteiger partial charge < -0.3 is 30.0 Å². The number of aliphatic hydroxyl groups is 1. The Labute approximate surface area is 190 Å². The number of nitrogens with zero attached hydrogens (tertiary/aromatic N) is 5. The highest BCUT2D eigenvalue weighted by Gasteiger charge is 2.54. The van der Waals surface area contributed by atoms with Crippen LogP contribution in [0.15, 0.2) is 42.5 Å². The Balaban J connectivity index is 1.89. The second-order valence-electron chi connectivity index (χ2n) is 8.08. The summed E-state index contributed by atoms with van der Waals surface area (Å²) in [6.45, 7) is 1.89. The Morgan fingerprint density at radius 3 is 2.55 bits per heavy atom. The lowest BCUT2D eigenvalue weighted by Gasteiger charge is -2.49. The zero-order valence-electron chi connectivity index (χ0n) is 18.8. The van der Waals surface area contributed by atoms with E-state index in [0.717, 1.165) is 0 Å². The van der Waals surface area contributed by atoms with E-state index < -0.39 is 24.0 Å². The number of benzene rings is 2. The van der Waals surface area contributed by atoms with Gasteiger partial charge in [-0.25, -0.2) is 4.39 Å². The summed E-state index contributed by atoms with van der Waals surface area (Å²) < 4.78 is 30.9. The van der Waals surface area contributed by atoms with Gasteiger partial charge in [0.05, 0.1) is 19.6 Å². The SMILES string of the molecule is COC(OC)[C@@]1(C)Oc2ccc(N)cc2[C@H](N(Cc2nnn(C)n2)c2ccc(F)cc2)[C@H]1O. The third kappa shape index (κ3) is 4.22. The molecule has 0 saturated carbocycles. The van der Waals surface area contributed by atoms with Crippen molar-refractivity contribution in [1.82, 2.24) is 20.2 Å².